The van der Waals surface area contributed by atoms with Gasteiger partial charge in [0.15, 0.2) is 0 Å². The zero-order valence-corrected chi connectivity index (χ0v) is 23.3. The van der Waals surface area contributed by atoms with Crippen molar-refractivity contribution in [1.82, 2.24) is 0 Å². The van der Waals surface area contributed by atoms with Gasteiger partial charge in [-0.2, -0.15) is 0 Å². The zero-order chi connectivity index (χ0) is 25.0. The predicted octanol–water partition coefficient (Wildman–Crippen LogP) is 8.36. The maximum absolute atomic E-state index is 8.93. The van der Waals surface area contributed by atoms with Crippen LogP contribution in [0.5, 0.6) is 0 Å². The SMILES string of the molecule is CCCCC(CCCCCO)OCCCCCCCCCCOC(CCCC)CCCCCO. The summed E-state index contributed by atoms with van der Waals surface area (Å²) >= 11 is 0. The molecule has 0 aliphatic rings. The highest BCUT2D eigenvalue weighted by Crippen LogP contribution is 2.16. The molecule has 0 spiro atoms. The molecule has 0 radical (unpaired) electrons. The van der Waals surface area contributed by atoms with Crippen molar-refractivity contribution in [2.24, 2.45) is 0 Å². The van der Waals surface area contributed by atoms with Gasteiger partial charge < -0.3 is 19.7 Å². The molecule has 0 saturated heterocycles. The average molecular weight is 487 g/mol. The van der Waals surface area contributed by atoms with E-state index in [-0.39, 0.29) is 0 Å². The summed E-state index contributed by atoms with van der Waals surface area (Å²) in [6.45, 7) is 6.99. The van der Waals surface area contributed by atoms with E-state index in [1.807, 2.05) is 0 Å². The van der Waals surface area contributed by atoms with E-state index in [1.54, 1.807) is 0 Å². The van der Waals surface area contributed by atoms with Gasteiger partial charge in [0.05, 0.1) is 12.2 Å². The van der Waals surface area contributed by atoms with Gasteiger partial charge >= 0.3 is 0 Å². The average Bonchev–Trinajstić information content (AvgIpc) is 2.85. The van der Waals surface area contributed by atoms with Crippen LogP contribution in [0.2, 0.25) is 0 Å². The van der Waals surface area contributed by atoms with Crippen molar-refractivity contribution >= 4 is 0 Å². The van der Waals surface area contributed by atoms with Gasteiger partial charge in [0, 0.05) is 26.4 Å². The van der Waals surface area contributed by atoms with Crippen molar-refractivity contribution in [3.63, 3.8) is 0 Å². The molecular formula is C30H62O4. The van der Waals surface area contributed by atoms with Crippen molar-refractivity contribution < 1.29 is 19.7 Å². The smallest absolute Gasteiger partial charge is 0.0575 e. The molecule has 34 heavy (non-hydrogen) atoms. The van der Waals surface area contributed by atoms with E-state index in [2.05, 4.69) is 13.8 Å². The van der Waals surface area contributed by atoms with Crippen LogP contribution in [0.3, 0.4) is 0 Å². The highest BCUT2D eigenvalue weighted by molar-refractivity contribution is 4.61. The topological polar surface area (TPSA) is 58.9 Å². The van der Waals surface area contributed by atoms with Crippen molar-refractivity contribution in [1.29, 1.82) is 0 Å². The first kappa shape index (κ1) is 33.8. The second-order valence-corrected chi connectivity index (χ2v) is 10.2. The van der Waals surface area contributed by atoms with Crippen LogP contribution in [0.15, 0.2) is 0 Å². The molecule has 0 aliphatic heterocycles. The lowest BCUT2D eigenvalue weighted by Crippen LogP contribution is -2.14. The first-order chi connectivity index (χ1) is 16.8. The Bertz CT molecular complexity index is 330. The second-order valence-electron chi connectivity index (χ2n) is 10.2. The fourth-order valence-electron chi connectivity index (χ4n) is 4.57. The Balaban J connectivity index is 3.60. The standard InChI is InChI=1S/C30H62O4/c1-3-5-21-29(23-15-13-17-25-31)33-27-19-11-9-7-8-10-12-20-28-34-30(22-6-4-2)24-16-14-18-26-32/h29-32H,3-28H2,1-2H3. The van der Waals surface area contributed by atoms with Gasteiger partial charge in [-0.15, -0.1) is 0 Å². The maximum atomic E-state index is 8.93. The summed E-state index contributed by atoms with van der Waals surface area (Å²) < 4.78 is 12.4. The number of ether oxygens (including phenoxy) is 2. The third kappa shape index (κ3) is 24.9. The Morgan fingerprint density at radius 2 is 0.735 bits per heavy atom. The van der Waals surface area contributed by atoms with E-state index in [9.17, 15) is 0 Å². The predicted molar refractivity (Wildman–Crippen MR) is 147 cm³/mol. The minimum atomic E-state index is 0.320. The molecule has 4 nitrogen and oxygen atoms in total. The van der Waals surface area contributed by atoms with E-state index in [0.29, 0.717) is 25.4 Å². The van der Waals surface area contributed by atoms with Gasteiger partial charge in [-0.05, 0) is 51.4 Å². The molecule has 2 atom stereocenters. The molecule has 0 heterocycles. The third-order valence-corrected chi connectivity index (χ3v) is 6.87. The molecule has 0 aromatic heterocycles. The first-order valence-corrected chi connectivity index (χ1v) is 15.2. The normalized spacial score (nSPS) is 13.4. The highest BCUT2D eigenvalue weighted by Gasteiger charge is 2.09. The zero-order valence-electron chi connectivity index (χ0n) is 23.3. The molecule has 0 aliphatic carbocycles. The summed E-state index contributed by atoms with van der Waals surface area (Å²) in [5.74, 6) is 0. The molecule has 2 N–H and O–H groups in total. The van der Waals surface area contributed by atoms with Gasteiger partial charge in [-0.1, -0.05) is 104 Å². The quantitative estimate of drug-likeness (QED) is 0.104. The molecule has 0 bridgehead atoms. The highest BCUT2D eigenvalue weighted by atomic mass is 16.5. The molecule has 4 heteroatoms. The number of hydrogen-bond donors (Lipinski definition) is 2. The van der Waals surface area contributed by atoms with Crippen LogP contribution < -0.4 is 0 Å². The number of aliphatic hydroxyl groups is 2. The molecule has 0 amide bonds. The van der Waals surface area contributed by atoms with Crippen LogP contribution in [0.4, 0.5) is 0 Å². The summed E-state index contributed by atoms with van der Waals surface area (Å²) in [7, 11) is 0. The van der Waals surface area contributed by atoms with E-state index in [4.69, 9.17) is 19.7 Å². The fraction of sp³-hybridized carbons (Fsp3) is 1.00. The Morgan fingerprint density at radius 1 is 0.412 bits per heavy atom. The van der Waals surface area contributed by atoms with E-state index in [0.717, 1.165) is 51.7 Å². The minimum Gasteiger partial charge on any atom is -0.396 e. The molecular weight excluding hydrogens is 424 g/mol. The number of unbranched alkanes of at least 4 members (excludes halogenated alkanes) is 13. The molecule has 2 unspecified atom stereocenters. The monoisotopic (exact) mass is 486 g/mol. The number of aliphatic hydroxyl groups excluding tert-OH is 2. The first-order valence-electron chi connectivity index (χ1n) is 15.2. The summed E-state index contributed by atoms with van der Waals surface area (Å²) in [5, 5.41) is 17.9. The van der Waals surface area contributed by atoms with Crippen LogP contribution in [0, 0.1) is 0 Å². The van der Waals surface area contributed by atoms with Crippen LogP contribution in [0.25, 0.3) is 0 Å². The van der Waals surface area contributed by atoms with E-state index >= 15 is 0 Å². The van der Waals surface area contributed by atoms with Crippen molar-refractivity contribution in [2.45, 2.75) is 167 Å². The molecule has 0 aromatic rings. The Hall–Kier alpha value is -0.160. The number of hydrogen-bond acceptors (Lipinski definition) is 4. The third-order valence-electron chi connectivity index (χ3n) is 6.87. The molecule has 206 valence electrons. The van der Waals surface area contributed by atoms with Gasteiger partial charge in [-0.3, -0.25) is 0 Å². The van der Waals surface area contributed by atoms with Gasteiger partial charge in [0.2, 0.25) is 0 Å². The van der Waals surface area contributed by atoms with Crippen molar-refractivity contribution in [3.8, 4) is 0 Å². The number of rotatable bonds is 29. The molecule has 0 aromatic carbocycles. The van der Waals surface area contributed by atoms with E-state index in [1.165, 1.54) is 103 Å². The summed E-state index contributed by atoms with van der Waals surface area (Å²) in [6, 6.07) is 0. The molecule has 0 rings (SSSR count). The lowest BCUT2D eigenvalue weighted by molar-refractivity contribution is 0.0353. The van der Waals surface area contributed by atoms with Crippen LogP contribution >= 0.6 is 0 Å². The largest absolute Gasteiger partial charge is 0.396 e. The van der Waals surface area contributed by atoms with Crippen LogP contribution in [0.1, 0.15) is 155 Å². The second kappa shape index (κ2) is 29.1. The lowest BCUT2D eigenvalue weighted by atomic mass is 10.0. The van der Waals surface area contributed by atoms with Crippen molar-refractivity contribution in [2.75, 3.05) is 26.4 Å². The maximum Gasteiger partial charge on any atom is 0.0575 e. The van der Waals surface area contributed by atoms with Gasteiger partial charge in [0.25, 0.3) is 0 Å². The summed E-state index contributed by atoms with van der Waals surface area (Å²) in [5.41, 5.74) is 0. The van der Waals surface area contributed by atoms with Crippen LogP contribution in [-0.4, -0.2) is 48.8 Å². The van der Waals surface area contributed by atoms with Crippen LogP contribution in [-0.2, 0) is 9.47 Å². The molecule has 0 fully saturated rings. The van der Waals surface area contributed by atoms with Crippen molar-refractivity contribution in [3.05, 3.63) is 0 Å². The van der Waals surface area contributed by atoms with Gasteiger partial charge in [-0.25, -0.2) is 0 Å². The van der Waals surface area contributed by atoms with E-state index < -0.39 is 0 Å². The lowest BCUT2D eigenvalue weighted by Gasteiger charge is -2.18. The van der Waals surface area contributed by atoms with Gasteiger partial charge in [0.1, 0.15) is 0 Å². The Kier molecular flexibility index (Phi) is 28.9. The Morgan fingerprint density at radius 3 is 1.09 bits per heavy atom. The minimum absolute atomic E-state index is 0.320. The fourth-order valence-corrected chi connectivity index (χ4v) is 4.57. The molecule has 0 saturated carbocycles. The summed E-state index contributed by atoms with van der Waals surface area (Å²) in [4.78, 5) is 0. The Labute approximate surface area is 213 Å². The summed E-state index contributed by atoms with van der Waals surface area (Å²) in [6.07, 6.45) is 27.4.